The summed E-state index contributed by atoms with van der Waals surface area (Å²) in [7, 11) is 0. The number of aromatic carboxylic acids is 1. The predicted octanol–water partition coefficient (Wildman–Crippen LogP) is 2.46. The van der Waals surface area contributed by atoms with Crippen LogP contribution < -0.4 is 0 Å². The minimum Gasteiger partial charge on any atom is -0.477 e. The van der Waals surface area contributed by atoms with Crippen LogP contribution in [0.25, 0.3) is 16.1 Å². The maximum Gasteiger partial charge on any atom is 0.354 e. The highest BCUT2D eigenvalue weighted by atomic mass is 32.1. The van der Waals surface area contributed by atoms with Crippen molar-refractivity contribution in [1.82, 2.24) is 14.4 Å². The molecule has 3 heterocycles. The van der Waals surface area contributed by atoms with Gasteiger partial charge in [0.05, 0.1) is 11.3 Å². The first-order valence-electron chi connectivity index (χ1n) is 5.28. The highest BCUT2D eigenvalue weighted by Gasteiger charge is 2.18. The van der Waals surface area contributed by atoms with E-state index in [-0.39, 0.29) is 5.69 Å². The minimum absolute atomic E-state index is 0.163. The van der Waals surface area contributed by atoms with Gasteiger partial charge in [-0.3, -0.25) is 4.40 Å². The predicted molar refractivity (Wildman–Crippen MR) is 68.0 cm³/mol. The average Bonchev–Trinajstić information content (AvgIpc) is 2.93. The van der Waals surface area contributed by atoms with Crippen molar-refractivity contribution in [1.29, 1.82) is 0 Å². The van der Waals surface area contributed by atoms with Crippen LogP contribution in [-0.4, -0.2) is 25.4 Å². The summed E-state index contributed by atoms with van der Waals surface area (Å²) in [5, 5.41) is 11.2. The van der Waals surface area contributed by atoms with Gasteiger partial charge in [0, 0.05) is 11.1 Å². The molecule has 3 aromatic heterocycles. The van der Waals surface area contributed by atoms with Crippen LogP contribution in [0.5, 0.6) is 0 Å². The van der Waals surface area contributed by atoms with Crippen LogP contribution in [-0.2, 0) is 0 Å². The topological polar surface area (TPSA) is 67.5 Å². The smallest absolute Gasteiger partial charge is 0.354 e. The molecule has 3 aromatic rings. The van der Waals surface area contributed by atoms with Gasteiger partial charge < -0.3 is 5.11 Å². The Hall–Kier alpha value is -2.21. The van der Waals surface area contributed by atoms with Crippen molar-refractivity contribution >= 4 is 23.0 Å². The number of carboxylic acids is 1. The van der Waals surface area contributed by atoms with Crippen molar-refractivity contribution in [3.8, 4) is 10.4 Å². The summed E-state index contributed by atoms with van der Waals surface area (Å²) in [6.45, 7) is 1.69. The molecule has 0 unspecified atom stereocenters. The van der Waals surface area contributed by atoms with Gasteiger partial charge in [0.15, 0.2) is 5.69 Å². The van der Waals surface area contributed by atoms with E-state index in [1.165, 1.54) is 10.7 Å². The van der Waals surface area contributed by atoms with E-state index in [2.05, 4.69) is 9.97 Å². The van der Waals surface area contributed by atoms with Gasteiger partial charge in [0.1, 0.15) is 12.0 Å². The third-order valence-electron chi connectivity index (χ3n) is 2.70. The van der Waals surface area contributed by atoms with Crippen molar-refractivity contribution in [2.24, 2.45) is 0 Å². The molecule has 0 radical (unpaired) electrons. The molecule has 0 spiro atoms. The third-order valence-corrected chi connectivity index (χ3v) is 3.60. The number of carbonyl (C=O) groups is 1. The first kappa shape index (κ1) is 10.9. The van der Waals surface area contributed by atoms with E-state index in [1.807, 2.05) is 17.5 Å². The number of hydrogen-bond donors (Lipinski definition) is 1. The monoisotopic (exact) mass is 259 g/mol. The molecular formula is C12H9N3O2S. The zero-order valence-electron chi connectivity index (χ0n) is 9.49. The van der Waals surface area contributed by atoms with Crippen LogP contribution >= 0.6 is 11.3 Å². The summed E-state index contributed by atoms with van der Waals surface area (Å²) >= 11 is 1.57. The van der Waals surface area contributed by atoms with Crippen LogP contribution in [0.1, 0.15) is 16.2 Å². The van der Waals surface area contributed by atoms with E-state index in [0.29, 0.717) is 11.3 Å². The van der Waals surface area contributed by atoms with E-state index < -0.39 is 5.97 Å². The standard InChI is InChI=1S/C12H9N3O2S/c1-7-10(12(16)17)15-6-13-5-8(11(15)14-7)9-3-2-4-18-9/h2-6H,1H3,(H,16,17). The third kappa shape index (κ3) is 1.50. The second-order valence-corrected chi connectivity index (χ2v) is 4.78. The Morgan fingerprint density at radius 2 is 2.33 bits per heavy atom. The van der Waals surface area contributed by atoms with E-state index in [4.69, 9.17) is 0 Å². The zero-order chi connectivity index (χ0) is 12.7. The summed E-state index contributed by atoms with van der Waals surface area (Å²) in [5.74, 6) is -0.995. The van der Waals surface area contributed by atoms with Crippen molar-refractivity contribution in [3.63, 3.8) is 0 Å². The minimum atomic E-state index is -0.995. The van der Waals surface area contributed by atoms with Gasteiger partial charge in [0.2, 0.25) is 0 Å². The van der Waals surface area contributed by atoms with E-state index >= 15 is 0 Å². The lowest BCUT2D eigenvalue weighted by Gasteiger charge is -2.00. The maximum atomic E-state index is 11.2. The number of imidazole rings is 1. The molecule has 0 saturated heterocycles. The molecule has 90 valence electrons. The first-order chi connectivity index (χ1) is 8.68. The molecule has 0 saturated carbocycles. The van der Waals surface area contributed by atoms with Crippen molar-refractivity contribution in [2.45, 2.75) is 6.92 Å². The number of carboxylic acid groups (broad SMARTS) is 1. The fourth-order valence-corrected chi connectivity index (χ4v) is 2.68. The Morgan fingerprint density at radius 3 is 3.00 bits per heavy atom. The van der Waals surface area contributed by atoms with Crippen LogP contribution in [0.2, 0.25) is 0 Å². The average molecular weight is 259 g/mol. The molecule has 3 rings (SSSR count). The number of aryl methyl sites for hydroxylation is 1. The molecule has 0 aliphatic carbocycles. The Morgan fingerprint density at radius 1 is 1.50 bits per heavy atom. The Bertz CT molecular complexity index is 731. The van der Waals surface area contributed by atoms with Crippen LogP contribution in [0.3, 0.4) is 0 Å². The fourth-order valence-electron chi connectivity index (χ4n) is 1.94. The summed E-state index contributed by atoms with van der Waals surface area (Å²) in [5.41, 5.74) is 2.13. The Labute approximate surface area is 106 Å². The Kier molecular flexibility index (Phi) is 2.38. The number of thiophene rings is 1. The van der Waals surface area contributed by atoms with E-state index in [9.17, 15) is 9.90 Å². The van der Waals surface area contributed by atoms with Crippen molar-refractivity contribution < 1.29 is 9.90 Å². The molecule has 0 aliphatic heterocycles. The maximum absolute atomic E-state index is 11.2. The highest BCUT2D eigenvalue weighted by Crippen LogP contribution is 2.28. The fraction of sp³-hybridized carbons (Fsp3) is 0.0833. The molecule has 0 aromatic carbocycles. The van der Waals surface area contributed by atoms with E-state index in [1.54, 1.807) is 24.5 Å². The second kappa shape index (κ2) is 3.92. The normalized spacial score (nSPS) is 10.9. The summed E-state index contributed by atoms with van der Waals surface area (Å²) in [6.07, 6.45) is 3.19. The van der Waals surface area contributed by atoms with Gasteiger partial charge in [-0.05, 0) is 18.4 Å². The SMILES string of the molecule is Cc1nc2c(-c3cccs3)cncn2c1C(=O)O. The largest absolute Gasteiger partial charge is 0.477 e. The van der Waals surface area contributed by atoms with Crippen LogP contribution in [0.15, 0.2) is 30.0 Å². The second-order valence-electron chi connectivity index (χ2n) is 3.83. The molecule has 0 aliphatic rings. The van der Waals surface area contributed by atoms with Crippen molar-refractivity contribution in [2.75, 3.05) is 0 Å². The summed E-state index contributed by atoms with van der Waals surface area (Å²) in [4.78, 5) is 20.7. The molecule has 18 heavy (non-hydrogen) atoms. The molecule has 6 heteroatoms. The van der Waals surface area contributed by atoms with Gasteiger partial charge in [-0.25, -0.2) is 14.8 Å². The lowest BCUT2D eigenvalue weighted by Crippen LogP contribution is -2.04. The van der Waals surface area contributed by atoms with Gasteiger partial charge in [-0.15, -0.1) is 11.3 Å². The lowest BCUT2D eigenvalue weighted by molar-refractivity contribution is 0.0688. The zero-order valence-corrected chi connectivity index (χ0v) is 10.3. The number of nitrogens with zero attached hydrogens (tertiary/aromatic N) is 3. The molecule has 5 nitrogen and oxygen atoms in total. The van der Waals surface area contributed by atoms with Crippen molar-refractivity contribution in [3.05, 3.63) is 41.4 Å². The number of fused-ring (bicyclic) bond motifs is 1. The first-order valence-corrected chi connectivity index (χ1v) is 6.16. The van der Waals surface area contributed by atoms with Crippen LogP contribution in [0, 0.1) is 6.92 Å². The number of hydrogen-bond acceptors (Lipinski definition) is 4. The van der Waals surface area contributed by atoms with Crippen LogP contribution in [0.4, 0.5) is 0 Å². The van der Waals surface area contributed by atoms with Gasteiger partial charge in [-0.1, -0.05) is 6.07 Å². The van der Waals surface area contributed by atoms with E-state index in [0.717, 1.165) is 10.4 Å². The summed E-state index contributed by atoms with van der Waals surface area (Å²) in [6, 6.07) is 3.91. The van der Waals surface area contributed by atoms with Gasteiger partial charge >= 0.3 is 5.97 Å². The molecular weight excluding hydrogens is 250 g/mol. The number of aromatic nitrogens is 3. The van der Waals surface area contributed by atoms with Gasteiger partial charge in [0.25, 0.3) is 0 Å². The number of rotatable bonds is 2. The van der Waals surface area contributed by atoms with Gasteiger partial charge in [-0.2, -0.15) is 0 Å². The Balaban J connectivity index is 2.37. The quantitative estimate of drug-likeness (QED) is 0.767. The lowest BCUT2D eigenvalue weighted by atomic mass is 10.2. The molecule has 0 bridgehead atoms. The molecule has 0 atom stereocenters. The molecule has 0 amide bonds. The molecule has 0 fully saturated rings. The molecule has 1 N–H and O–H groups in total. The highest BCUT2D eigenvalue weighted by molar-refractivity contribution is 7.13. The summed E-state index contributed by atoms with van der Waals surface area (Å²) < 4.78 is 1.52.